The molecular formula is C15H18N2O2. The van der Waals surface area contributed by atoms with Crippen molar-refractivity contribution in [2.24, 2.45) is 0 Å². The second kappa shape index (κ2) is 6.09. The van der Waals surface area contributed by atoms with Crippen molar-refractivity contribution in [3.63, 3.8) is 0 Å². The Morgan fingerprint density at radius 3 is 2.63 bits per heavy atom. The number of carbonyl (C=O) groups is 1. The Bertz CT molecular complexity index is 508. The lowest BCUT2D eigenvalue weighted by Crippen LogP contribution is -2.38. The van der Waals surface area contributed by atoms with E-state index in [1.165, 1.54) is 0 Å². The minimum atomic E-state index is -0.118. The summed E-state index contributed by atoms with van der Waals surface area (Å²) in [6.45, 7) is 2.40. The van der Waals surface area contributed by atoms with Gasteiger partial charge in [-0.2, -0.15) is 0 Å². The molecule has 0 radical (unpaired) electrons. The standard InChI is InChI=1S/C15H18N2O2/c1-12(13-7-4-3-5-8-13)17(2)15(18)16-11-14-9-6-10-19-14/h3-10,12H,11H2,1-2H3,(H,16,18)/t12-/m1/s1. The van der Waals surface area contributed by atoms with Crippen LogP contribution in [-0.4, -0.2) is 18.0 Å². The molecule has 1 aromatic carbocycles. The van der Waals surface area contributed by atoms with Crippen LogP contribution in [0.25, 0.3) is 0 Å². The van der Waals surface area contributed by atoms with E-state index in [0.29, 0.717) is 6.54 Å². The summed E-state index contributed by atoms with van der Waals surface area (Å²) in [6, 6.07) is 13.5. The van der Waals surface area contributed by atoms with Crippen LogP contribution in [0.3, 0.4) is 0 Å². The Kier molecular flexibility index (Phi) is 4.23. The van der Waals surface area contributed by atoms with Gasteiger partial charge in [0.2, 0.25) is 0 Å². The molecule has 1 aromatic heterocycles. The molecule has 0 aliphatic rings. The molecule has 0 saturated heterocycles. The van der Waals surface area contributed by atoms with Gasteiger partial charge in [-0.1, -0.05) is 30.3 Å². The second-order valence-corrected chi connectivity index (χ2v) is 4.44. The van der Waals surface area contributed by atoms with E-state index in [-0.39, 0.29) is 12.1 Å². The summed E-state index contributed by atoms with van der Waals surface area (Å²) >= 11 is 0. The van der Waals surface area contributed by atoms with Gasteiger partial charge >= 0.3 is 6.03 Å². The van der Waals surface area contributed by atoms with Crippen LogP contribution in [0.15, 0.2) is 53.1 Å². The molecule has 2 rings (SSSR count). The summed E-state index contributed by atoms with van der Waals surface area (Å²) in [5, 5.41) is 2.83. The van der Waals surface area contributed by atoms with E-state index in [4.69, 9.17) is 4.42 Å². The lowest BCUT2D eigenvalue weighted by atomic mass is 10.1. The fourth-order valence-electron chi connectivity index (χ4n) is 1.83. The molecule has 0 bridgehead atoms. The minimum Gasteiger partial charge on any atom is -0.467 e. The van der Waals surface area contributed by atoms with Gasteiger partial charge in [0, 0.05) is 7.05 Å². The molecule has 0 aliphatic carbocycles. The third kappa shape index (κ3) is 3.37. The molecule has 1 N–H and O–H groups in total. The number of benzene rings is 1. The largest absolute Gasteiger partial charge is 0.467 e. The van der Waals surface area contributed by atoms with Gasteiger partial charge in [0.05, 0.1) is 18.8 Å². The maximum absolute atomic E-state index is 12.0. The number of rotatable bonds is 4. The average molecular weight is 258 g/mol. The Labute approximate surface area is 113 Å². The topological polar surface area (TPSA) is 45.5 Å². The van der Waals surface area contributed by atoms with Crippen LogP contribution in [0.2, 0.25) is 0 Å². The molecular weight excluding hydrogens is 240 g/mol. The quantitative estimate of drug-likeness (QED) is 0.915. The fraction of sp³-hybridized carbons (Fsp3) is 0.267. The predicted octanol–water partition coefficient (Wildman–Crippen LogP) is 3.18. The molecule has 19 heavy (non-hydrogen) atoms. The summed E-state index contributed by atoms with van der Waals surface area (Å²) in [4.78, 5) is 13.7. The van der Waals surface area contributed by atoms with E-state index in [2.05, 4.69) is 5.32 Å². The number of hydrogen-bond donors (Lipinski definition) is 1. The number of carbonyl (C=O) groups excluding carboxylic acids is 1. The first-order chi connectivity index (χ1) is 9.18. The highest BCUT2D eigenvalue weighted by molar-refractivity contribution is 5.74. The molecule has 4 heteroatoms. The third-order valence-corrected chi connectivity index (χ3v) is 3.18. The molecule has 0 unspecified atom stereocenters. The van der Waals surface area contributed by atoms with Crippen molar-refractivity contribution in [1.82, 2.24) is 10.2 Å². The molecule has 1 atom stereocenters. The minimum absolute atomic E-state index is 0.0257. The van der Waals surface area contributed by atoms with Crippen molar-refractivity contribution in [2.45, 2.75) is 19.5 Å². The van der Waals surface area contributed by atoms with E-state index >= 15 is 0 Å². The van der Waals surface area contributed by atoms with Crippen LogP contribution >= 0.6 is 0 Å². The smallest absolute Gasteiger partial charge is 0.318 e. The molecule has 0 aliphatic heterocycles. The van der Waals surface area contributed by atoms with Crippen LogP contribution < -0.4 is 5.32 Å². The van der Waals surface area contributed by atoms with E-state index in [1.54, 1.807) is 24.3 Å². The van der Waals surface area contributed by atoms with Gasteiger partial charge in [0.15, 0.2) is 0 Å². The van der Waals surface area contributed by atoms with Crippen molar-refractivity contribution in [3.05, 3.63) is 60.1 Å². The molecule has 0 spiro atoms. The first kappa shape index (κ1) is 13.2. The first-order valence-electron chi connectivity index (χ1n) is 6.26. The van der Waals surface area contributed by atoms with E-state index in [0.717, 1.165) is 11.3 Å². The van der Waals surface area contributed by atoms with Crippen LogP contribution in [0.1, 0.15) is 24.3 Å². The molecule has 1 heterocycles. The zero-order valence-electron chi connectivity index (χ0n) is 11.2. The van der Waals surface area contributed by atoms with Gasteiger partial charge in [-0.3, -0.25) is 0 Å². The highest BCUT2D eigenvalue weighted by atomic mass is 16.3. The molecule has 0 fully saturated rings. The van der Waals surface area contributed by atoms with Crippen molar-refractivity contribution in [2.75, 3.05) is 7.05 Å². The van der Waals surface area contributed by atoms with Gasteiger partial charge < -0.3 is 14.6 Å². The summed E-state index contributed by atoms with van der Waals surface area (Å²) in [5.74, 6) is 0.745. The summed E-state index contributed by atoms with van der Waals surface area (Å²) in [5.41, 5.74) is 1.11. The van der Waals surface area contributed by atoms with E-state index < -0.39 is 0 Å². The average Bonchev–Trinajstić information content (AvgIpc) is 2.97. The van der Waals surface area contributed by atoms with Crippen LogP contribution in [0.5, 0.6) is 0 Å². The Hall–Kier alpha value is -2.23. The molecule has 4 nitrogen and oxygen atoms in total. The van der Waals surface area contributed by atoms with Crippen molar-refractivity contribution in [3.8, 4) is 0 Å². The Balaban J connectivity index is 1.91. The van der Waals surface area contributed by atoms with Crippen LogP contribution in [-0.2, 0) is 6.54 Å². The zero-order chi connectivity index (χ0) is 13.7. The number of furan rings is 1. The van der Waals surface area contributed by atoms with Crippen LogP contribution in [0, 0.1) is 0 Å². The van der Waals surface area contributed by atoms with Gasteiger partial charge in [0.25, 0.3) is 0 Å². The summed E-state index contributed by atoms with van der Waals surface area (Å²) in [6.07, 6.45) is 1.60. The normalized spacial score (nSPS) is 11.9. The third-order valence-electron chi connectivity index (χ3n) is 3.18. The number of amides is 2. The van der Waals surface area contributed by atoms with Crippen molar-refractivity contribution >= 4 is 6.03 Å². The highest BCUT2D eigenvalue weighted by Crippen LogP contribution is 2.17. The highest BCUT2D eigenvalue weighted by Gasteiger charge is 2.16. The molecule has 2 aromatic rings. The van der Waals surface area contributed by atoms with Gasteiger partial charge in [-0.15, -0.1) is 0 Å². The Morgan fingerprint density at radius 1 is 1.26 bits per heavy atom. The van der Waals surface area contributed by atoms with Gasteiger partial charge in [-0.05, 0) is 24.6 Å². The van der Waals surface area contributed by atoms with Gasteiger partial charge in [-0.25, -0.2) is 4.79 Å². The molecule has 2 amide bonds. The molecule has 100 valence electrons. The predicted molar refractivity (Wildman–Crippen MR) is 73.6 cm³/mol. The number of nitrogens with one attached hydrogen (secondary N) is 1. The lowest BCUT2D eigenvalue weighted by Gasteiger charge is -2.25. The lowest BCUT2D eigenvalue weighted by molar-refractivity contribution is 0.193. The maximum Gasteiger partial charge on any atom is 0.318 e. The van der Waals surface area contributed by atoms with E-state index in [1.807, 2.05) is 43.3 Å². The van der Waals surface area contributed by atoms with Crippen molar-refractivity contribution in [1.29, 1.82) is 0 Å². The van der Waals surface area contributed by atoms with Crippen molar-refractivity contribution < 1.29 is 9.21 Å². The SMILES string of the molecule is C[C@H](c1ccccc1)N(C)C(=O)NCc1ccco1. The number of nitrogens with zero attached hydrogens (tertiary/aromatic N) is 1. The zero-order valence-corrected chi connectivity index (χ0v) is 11.2. The van der Waals surface area contributed by atoms with Gasteiger partial charge in [0.1, 0.15) is 5.76 Å². The first-order valence-corrected chi connectivity index (χ1v) is 6.26. The Morgan fingerprint density at radius 2 is 2.00 bits per heavy atom. The molecule has 0 saturated carbocycles. The number of urea groups is 1. The van der Waals surface area contributed by atoms with Crippen LogP contribution in [0.4, 0.5) is 4.79 Å². The summed E-state index contributed by atoms with van der Waals surface area (Å²) in [7, 11) is 1.79. The maximum atomic E-state index is 12.0. The monoisotopic (exact) mass is 258 g/mol. The van der Waals surface area contributed by atoms with E-state index in [9.17, 15) is 4.79 Å². The second-order valence-electron chi connectivity index (χ2n) is 4.44. The summed E-state index contributed by atoms with van der Waals surface area (Å²) < 4.78 is 5.18. The fourth-order valence-corrected chi connectivity index (χ4v) is 1.83. The number of hydrogen-bond acceptors (Lipinski definition) is 2.